The van der Waals surface area contributed by atoms with Gasteiger partial charge in [0.2, 0.25) is 10.0 Å². The number of piperazine rings is 1. The number of hydrogen-bond acceptors (Lipinski definition) is 4. The molecule has 1 heterocycles. The van der Waals surface area contributed by atoms with Crippen molar-refractivity contribution in [2.75, 3.05) is 24.5 Å². The summed E-state index contributed by atoms with van der Waals surface area (Å²) < 4.78 is 27.2. The first-order valence-electron chi connectivity index (χ1n) is 7.03. The number of benzene rings is 1. The summed E-state index contributed by atoms with van der Waals surface area (Å²) in [6, 6.07) is 7.89. The Bertz CT molecular complexity index is 549. The lowest BCUT2D eigenvalue weighted by atomic mass is 10.1. The van der Waals surface area contributed by atoms with Gasteiger partial charge in [0.1, 0.15) is 4.90 Å². The van der Waals surface area contributed by atoms with Gasteiger partial charge in [-0.1, -0.05) is 19.1 Å². The topological polar surface area (TPSA) is 61.4 Å². The Balaban J connectivity index is 2.37. The lowest BCUT2D eigenvalue weighted by molar-refractivity contribution is 0.405. The highest BCUT2D eigenvalue weighted by Gasteiger charge is 2.26. The van der Waals surface area contributed by atoms with Crippen LogP contribution in [0, 0.1) is 0 Å². The van der Waals surface area contributed by atoms with Crippen molar-refractivity contribution in [3.05, 3.63) is 24.3 Å². The van der Waals surface area contributed by atoms with Crippen molar-refractivity contribution < 1.29 is 8.42 Å². The van der Waals surface area contributed by atoms with Crippen LogP contribution >= 0.6 is 0 Å². The summed E-state index contributed by atoms with van der Waals surface area (Å²) in [5.41, 5.74) is 0.786. The van der Waals surface area contributed by atoms with E-state index in [1.807, 2.05) is 12.1 Å². The summed E-state index contributed by atoms with van der Waals surface area (Å²) in [4.78, 5) is 2.51. The maximum atomic E-state index is 12.3. The lowest BCUT2D eigenvalue weighted by Crippen LogP contribution is -2.54. The van der Waals surface area contributed by atoms with Crippen LogP contribution in [0.2, 0.25) is 0 Å². The zero-order chi connectivity index (χ0) is 14.8. The second-order valence-corrected chi connectivity index (χ2v) is 7.08. The lowest BCUT2D eigenvalue weighted by Gasteiger charge is -2.38. The highest BCUT2D eigenvalue weighted by Crippen LogP contribution is 2.26. The molecule has 6 heteroatoms. The quantitative estimate of drug-likeness (QED) is 0.876. The van der Waals surface area contributed by atoms with E-state index in [1.165, 1.54) is 0 Å². The number of rotatable bonds is 4. The Morgan fingerprint density at radius 3 is 2.45 bits per heavy atom. The van der Waals surface area contributed by atoms with Crippen LogP contribution in [0.25, 0.3) is 0 Å². The Morgan fingerprint density at radius 2 is 1.85 bits per heavy atom. The zero-order valence-electron chi connectivity index (χ0n) is 12.3. The van der Waals surface area contributed by atoms with E-state index >= 15 is 0 Å². The first-order valence-corrected chi connectivity index (χ1v) is 8.52. The maximum absolute atomic E-state index is 12.3. The Labute approximate surface area is 121 Å². The van der Waals surface area contributed by atoms with E-state index in [2.05, 4.69) is 28.8 Å². The van der Waals surface area contributed by atoms with Gasteiger partial charge < -0.3 is 10.2 Å². The van der Waals surface area contributed by atoms with E-state index in [9.17, 15) is 8.42 Å². The van der Waals surface area contributed by atoms with E-state index in [4.69, 9.17) is 0 Å². The summed E-state index contributed by atoms with van der Waals surface area (Å²) in [6.07, 6.45) is 0. The molecule has 0 spiro atoms. The van der Waals surface area contributed by atoms with Crippen molar-refractivity contribution in [2.24, 2.45) is 0 Å². The number of hydrogen-bond donors (Lipinski definition) is 2. The first kappa shape index (κ1) is 15.3. The molecule has 0 saturated carbocycles. The fourth-order valence-electron chi connectivity index (χ4n) is 2.74. The minimum atomic E-state index is -3.44. The zero-order valence-corrected chi connectivity index (χ0v) is 13.1. The van der Waals surface area contributed by atoms with Gasteiger partial charge in [-0.2, -0.15) is 0 Å². The van der Waals surface area contributed by atoms with Crippen LogP contribution in [0.1, 0.15) is 20.8 Å². The molecule has 0 bridgehead atoms. The first-order chi connectivity index (χ1) is 9.44. The highest BCUT2D eigenvalue weighted by atomic mass is 32.2. The van der Waals surface area contributed by atoms with E-state index < -0.39 is 10.0 Å². The van der Waals surface area contributed by atoms with Crippen molar-refractivity contribution in [2.45, 2.75) is 37.8 Å². The summed E-state index contributed by atoms with van der Waals surface area (Å²) in [7, 11) is -3.44. The Hall–Kier alpha value is -1.11. The molecule has 1 aliphatic rings. The molecule has 112 valence electrons. The van der Waals surface area contributed by atoms with E-state index in [1.54, 1.807) is 19.1 Å². The molecule has 0 amide bonds. The number of nitrogens with zero attached hydrogens (tertiary/aromatic N) is 1. The molecule has 0 aliphatic carbocycles. The van der Waals surface area contributed by atoms with Gasteiger partial charge in [-0.05, 0) is 26.0 Å². The molecule has 1 aromatic carbocycles. The minimum absolute atomic E-state index is 0.341. The molecular formula is C14H23N3O2S. The summed E-state index contributed by atoms with van der Waals surface area (Å²) >= 11 is 0. The van der Waals surface area contributed by atoms with Crippen molar-refractivity contribution in [3.63, 3.8) is 0 Å². The van der Waals surface area contributed by atoms with Crippen molar-refractivity contribution in [1.82, 2.24) is 10.0 Å². The summed E-state index contributed by atoms with van der Waals surface area (Å²) in [6.45, 7) is 8.03. The van der Waals surface area contributed by atoms with Crippen LogP contribution in [-0.2, 0) is 10.0 Å². The fraction of sp³-hybridized carbons (Fsp3) is 0.571. The molecule has 1 aliphatic heterocycles. The van der Waals surface area contributed by atoms with E-state index in [0.717, 1.165) is 18.8 Å². The third-order valence-electron chi connectivity index (χ3n) is 3.39. The Kier molecular flexibility index (Phi) is 4.67. The third-order valence-corrected chi connectivity index (χ3v) is 4.98. The second-order valence-electron chi connectivity index (χ2n) is 5.34. The molecule has 0 aromatic heterocycles. The predicted octanol–water partition coefficient (Wildman–Crippen LogP) is 1.17. The second kappa shape index (κ2) is 6.11. The molecular weight excluding hydrogens is 274 g/mol. The molecule has 5 nitrogen and oxygen atoms in total. The molecule has 2 rings (SSSR count). The monoisotopic (exact) mass is 297 g/mol. The fourth-order valence-corrected chi connectivity index (χ4v) is 4.00. The van der Waals surface area contributed by atoms with E-state index in [0.29, 0.717) is 23.5 Å². The van der Waals surface area contributed by atoms with Gasteiger partial charge in [0.05, 0.1) is 5.69 Å². The minimum Gasteiger partial charge on any atom is -0.367 e. The van der Waals surface area contributed by atoms with Gasteiger partial charge >= 0.3 is 0 Å². The maximum Gasteiger partial charge on any atom is 0.242 e. The molecule has 1 fully saturated rings. The molecule has 2 unspecified atom stereocenters. The van der Waals surface area contributed by atoms with Gasteiger partial charge in [-0.15, -0.1) is 0 Å². The number of sulfonamides is 1. The van der Waals surface area contributed by atoms with Crippen molar-refractivity contribution >= 4 is 15.7 Å². The molecule has 1 saturated heterocycles. The number of anilines is 1. The van der Waals surface area contributed by atoms with Gasteiger partial charge in [-0.25, -0.2) is 13.1 Å². The molecule has 20 heavy (non-hydrogen) atoms. The molecule has 1 aromatic rings. The number of para-hydroxylation sites is 1. The van der Waals surface area contributed by atoms with Crippen molar-refractivity contribution in [1.29, 1.82) is 0 Å². The van der Waals surface area contributed by atoms with Gasteiger partial charge in [0.25, 0.3) is 0 Å². The SMILES string of the molecule is CCNS(=O)(=O)c1ccccc1N1CC(C)NC(C)C1. The largest absolute Gasteiger partial charge is 0.367 e. The predicted molar refractivity (Wildman–Crippen MR) is 81.6 cm³/mol. The summed E-state index contributed by atoms with van der Waals surface area (Å²) in [5.74, 6) is 0. The van der Waals surface area contributed by atoms with Crippen molar-refractivity contribution in [3.8, 4) is 0 Å². The van der Waals surface area contributed by atoms with Crippen LogP contribution in [0.3, 0.4) is 0 Å². The Morgan fingerprint density at radius 1 is 1.25 bits per heavy atom. The van der Waals surface area contributed by atoms with Crippen LogP contribution in [-0.4, -0.2) is 40.1 Å². The van der Waals surface area contributed by atoms with Crippen LogP contribution in [0.5, 0.6) is 0 Å². The third kappa shape index (κ3) is 3.31. The average Bonchev–Trinajstić information content (AvgIpc) is 2.37. The smallest absolute Gasteiger partial charge is 0.242 e. The average molecular weight is 297 g/mol. The van der Waals surface area contributed by atoms with Gasteiger partial charge in [0.15, 0.2) is 0 Å². The van der Waals surface area contributed by atoms with Crippen LogP contribution < -0.4 is 14.9 Å². The van der Waals surface area contributed by atoms with Crippen LogP contribution in [0.15, 0.2) is 29.2 Å². The number of nitrogens with one attached hydrogen (secondary N) is 2. The molecule has 0 radical (unpaired) electrons. The van der Waals surface area contributed by atoms with Gasteiger partial charge in [0, 0.05) is 31.7 Å². The normalized spacial score (nSPS) is 23.9. The molecule has 2 N–H and O–H groups in total. The highest BCUT2D eigenvalue weighted by molar-refractivity contribution is 7.89. The molecule has 2 atom stereocenters. The van der Waals surface area contributed by atoms with E-state index in [-0.39, 0.29) is 0 Å². The van der Waals surface area contributed by atoms with Gasteiger partial charge in [-0.3, -0.25) is 0 Å². The van der Waals surface area contributed by atoms with Crippen LogP contribution in [0.4, 0.5) is 5.69 Å². The standard InChI is InChI=1S/C14H23N3O2S/c1-4-15-20(18,19)14-8-6-5-7-13(14)17-9-11(2)16-12(3)10-17/h5-8,11-12,15-16H,4,9-10H2,1-3H3. The summed E-state index contributed by atoms with van der Waals surface area (Å²) in [5, 5.41) is 3.46.